The van der Waals surface area contributed by atoms with Crippen LogP contribution in [0.5, 0.6) is 0 Å². The van der Waals surface area contributed by atoms with Crippen molar-refractivity contribution >= 4 is 15.9 Å². The molecule has 184 valence electrons. The van der Waals surface area contributed by atoms with E-state index in [1.165, 1.54) is 4.31 Å². The summed E-state index contributed by atoms with van der Waals surface area (Å²) in [6.45, 7) is 2.77. The lowest BCUT2D eigenvalue weighted by molar-refractivity contribution is -0.126. The standard InChI is InChI=1S/C29H34N2O3S/c1-23-16-18-26(19-17-23)28(25-13-6-3-7-14-25)30-29(32)27-15-8-20-31(22-27)35(33,34)21-9-12-24-10-4-2-5-11-24/h2-7,10-11,13-14,16-19,27-28H,8-9,12,15,20-22H2,1H3,(H,30,32)/t27-,28+/m0/s1. The summed E-state index contributed by atoms with van der Waals surface area (Å²) in [5.74, 6) is -0.348. The zero-order valence-electron chi connectivity index (χ0n) is 20.3. The second-order valence-corrected chi connectivity index (χ2v) is 11.5. The molecule has 0 spiro atoms. The van der Waals surface area contributed by atoms with E-state index in [-0.39, 0.29) is 30.2 Å². The largest absolute Gasteiger partial charge is 0.345 e. The van der Waals surface area contributed by atoms with E-state index in [9.17, 15) is 13.2 Å². The first-order valence-corrected chi connectivity index (χ1v) is 14.0. The first-order chi connectivity index (χ1) is 16.9. The van der Waals surface area contributed by atoms with Gasteiger partial charge in [-0.2, -0.15) is 0 Å². The van der Waals surface area contributed by atoms with E-state index in [2.05, 4.69) is 5.32 Å². The van der Waals surface area contributed by atoms with E-state index in [1.807, 2.05) is 91.9 Å². The smallest absolute Gasteiger partial charge is 0.225 e. The van der Waals surface area contributed by atoms with Crippen molar-refractivity contribution < 1.29 is 13.2 Å². The maximum Gasteiger partial charge on any atom is 0.225 e. The summed E-state index contributed by atoms with van der Waals surface area (Å²) in [6.07, 6.45) is 2.68. The van der Waals surface area contributed by atoms with Crippen molar-refractivity contribution in [3.05, 3.63) is 107 Å². The quantitative estimate of drug-likeness (QED) is 0.465. The Morgan fingerprint density at radius 2 is 1.57 bits per heavy atom. The summed E-state index contributed by atoms with van der Waals surface area (Å²) in [4.78, 5) is 13.4. The Hall–Kier alpha value is -2.96. The third-order valence-electron chi connectivity index (χ3n) is 6.69. The van der Waals surface area contributed by atoms with Gasteiger partial charge in [0.2, 0.25) is 15.9 Å². The molecule has 2 atom stereocenters. The summed E-state index contributed by atoms with van der Waals surface area (Å²) >= 11 is 0. The molecule has 3 aromatic rings. The second-order valence-electron chi connectivity index (χ2n) is 9.37. The van der Waals surface area contributed by atoms with Gasteiger partial charge >= 0.3 is 0 Å². The first kappa shape index (κ1) is 25.1. The average Bonchev–Trinajstić information content (AvgIpc) is 2.89. The molecule has 0 saturated carbocycles. The lowest BCUT2D eigenvalue weighted by Crippen LogP contribution is -2.46. The Kier molecular flexibility index (Phi) is 8.37. The van der Waals surface area contributed by atoms with E-state index in [4.69, 9.17) is 0 Å². The van der Waals surface area contributed by atoms with Gasteiger partial charge in [0.1, 0.15) is 0 Å². The van der Waals surface area contributed by atoms with Gasteiger partial charge in [-0.05, 0) is 49.3 Å². The fraction of sp³-hybridized carbons (Fsp3) is 0.345. The number of nitrogens with one attached hydrogen (secondary N) is 1. The predicted octanol–water partition coefficient (Wildman–Crippen LogP) is 4.88. The van der Waals surface area contributed by atoms with Crippen LogP contribution < -0.4 is 5.32 Å². The normalized spacial score (nSPS) is 17.6. The molecule has 3 aromatic carbocycles. The molecular formula is C29H34N2O3S. The van der Waals surface area contributed by atoms with Gasteiger partial charge in [-0.1, -0.05) is 90.5 Å². The Morgan fingerprint density at radius 1 is 0.943 bits per heavy atom. The van der Waals surface area contributed by atoms with Crippen LogP contribution in [0.2, 0.25) is 0 Å². The molecule has 0 aliphatic carbocycles. The number of carbonyl (C=O) groups is 1. The summed E-state index contributed by atoms with van der Waals surface area (Å²) in [5.41, 5.74) is 4.32. The molecule has 5 nitrogen and oxygen atoms in total. The zero-order valence-corrected chi connectivity index (χ0v) is 21.1. The van der Waals surface area contributed by atoms with Crippen molar-refractivity contribution in [2.75, 3.05) is 18.8 Å². The number of piperidine rings is 1. The maximum atomic E-state index is 13.4. The van der Waals surface area contributed by atoms with Crippen LogP contribution in [-0.2, 0) is 21.2 Å². The van der Waals surface area contributed by atoms with Gasteiger partial charge in [0.15, 0.2) is 0 Å². The molecular weight excluding hydrogens is 456 g/mol. The fourth-order valence-corrected chi connectivity index (χ4v) is 6.25. The number of carbonyl (C=O) groups excluding carboxylic acids is 1. The molecule has 35 heavy (non-hydrogen) atoms. The third kappa shape index (κ3) is 6.80. The molecule has 4 rings (SSSR count). The van der Waals surface area contributed by atoms with Crippen LogP contribution in [0.25, 0.3) is 0 Å². The van der Waals surface area contributed by atoms with Gasteiger partial charge in [0, 0.05) is 13.1 Å². The van der Waals surface area contributed by atoms with Crippen LogP contribution in [0.1, 0.15) is 47.6 Å². The first-order valence-electron chi connectivity index (χ1n) is 12.4. The summed E-state index contributed by atoms with van der Waals surface area (Å²) in [6, 6.07) is 27.7. The van der Waals surface area contributed by atoms with Gasteiger partial charge in [-0.3, -0.25) is 4.79 Å². The van der Waals surface area contributed by atoms with Gasteiger partial charge in [0.25, 0.3) is 0 Å². The highest BCUT2D eigenvalue weighted by atomic mass is 32.2. The van der Waals surface area contributed by atoms with Crippen molar-refractivity contribution in [2.24, 2.45) is 5.92 Å². The van der Waals surface area contributed by atoms with Crippen LogP contribution in [0, 0.1) is 12.8 Å². The molecule has 1 saturated heterocycles. The van der Waals surface area contributed by atoms with E-state index in [0.29, 0.717) is 25.8 Å². The van der Waals surface area contributed by atoms with E-state index >= 15 is 0 Å². The topological polar surface area (TPSA) is 66.5 Å². The number of benzene rings is 3. The highest BCUT2D eigenvalue weighted by molar-refractivity contribution is 7.89. The molecule has 1 aliphatic rings. The number of sulfonamides is 1. The van der Waals surface area contributed by atoms with E-state index in [1.54, 1.807) is 0 Å². The molecule has 1 heterocycles. The Morgan fingerprint density at radius 3 is 2.26 bits per heavy atom. The van der Waals surface area contributed by atoms with E-state index in [0.717, 1.165) is 28.7 Å². The van der Waals surface area contributed by atoms with Crippen LogP contribution in [-0.4, -0.2) is 37.5 Å². The maximum absolute atomic E-state index is 13.4. The number of nitrogens with zero attached hydrogens (tertiary/aromatic N) is 1. The molecule has 0 radical (unpaired) electrons. The third-order valence-corrected chi connectivity index (χ3v) is 8.61. The van der Waals surface area contributed by atoms with Crippen LogP contribution in [0.4, 0.5) is 0 Å². The Bertz CT molecular complexity index is 1200. The minimum Gasteiger partial charge on any atom is -0.345 e. The number of rotatable bonds is 9. The summed E-state index contributed by atoms with van der Waals surface area (Å²) < 4.78 is 27.6. The molecule has 1 amide bonds. The molecule has 1 N–H and O–H groups in total. The minimum absolute atomic E-state index is 0.0939. The molecule has 1 fully saturated rings. The monoisotopic (exact) mass is 490 g/mol. The van der Waals surface area contributed by atoms with Crippen molar-refractivity contribution in [2.45, 2.75) is 38.6 Å². The van der Waals surface area contributed by atoms with Crippen molar-refractivity contribution in [3.8, 4) is 0 Å². The molecule has 0 bridgehead atoms. The van der Waals surface area contributed by atoms with Crippen molar-refractivity contribution in [3.63, 3.8) is 0 Å². The molecule has 1 aliphatic heterocycles. The predicted molar refractivity (Wildman–Crippen MR) is 140 cm³/mol. The van der Waals surface area contributed by atoms with Crippen LogP contribution in [0.15, 0.2) is 84.9 Å². The van der Waals surface area contributed by atoms with Crippen molar-refractivity contribution in [1.29, 1.82) is 0 Å². The average molecular weight is 491 g/mol. The van der Waals surface area contributed by atoms with Crippen LogP contribution in [0.3, 0.4) is 0 Å². The Labute approximate surface area is 209 Å². The lowest BCUT2D eigenvalue weighted by atomic mass is 9.94. The van der Waals surface area contributed by atoms with Crippen LogP contribution >= 0.6 is 0 Å². The summed E-state index contributed by atoms with van der Waals surface area (Å²) in [5, 5.41) is 3.22. The SMILES string of the molecule is Cc1ccc([C@H](NC(=O)[C@H]2CCCN(S(=O)(=O)CCCc3ccccc3)C2)c2ccccc2)cc1. The fourth-order valence-electron chi connectivity index (χ4n) is 4.67. The number of amides is 1. The number of hydrogen-bond acceptors (Lipinski definition) is 3. The number of aryl methyl sites for hydroxylation is 2. The number of hydrogen-bond donors (Lipinski definition) is 1. The summed E-state index contributed by atoms with van der Waals surface area (Å²) in [7, 11) is -3.40. The minimum atomic E-state index is -3.40. The highest BCUT2D eigenvalue weighted by Gasteiger charge is 2.33. The van der Waals surface area contributed by atoms with E-state index < -0.39 is 10.0 Å². The Balaban J connectivity index is 1.41. The molecule has 6 heteroatoms. The molecule has 0 unspecified atom stereocenters. The highest BCUT2D eigenvalue weighted by Crippen LogP contribution is 2.26. The molecule has 0 aromatic heterocycles. The van der Waals surface area contributed by atoms with Gasteiger partial charge < -0.3 is 5.32 Å². The van der Waals surface area contributed by atoms with Gasteiger partial charge in [-0.25, -0.2) is 12.7 Å². The van der Waals surface area contributed by atoms with Crippen molar-refractivity contribution in [1.82, 2.24) is 9.62 Å². The zero-order chi connectivity index (χ0) is 24.7. The second kappa shape index (κ2) is 11.6. The van der Waals surface area contributed by atoms with Gasteiger partial charge in [0.05, 0.1) is 17.7 Å². The van der Waals surface area contributed by atoms with Gasteiger partial charge in [-0.15, -0.1) is 0 Å². The lowest BCUT2D eigenvalue weighted by Gasteiger charge is -2.32.